The molecule has 2 heterocycles. The molecule has 2 aliphatic heterocycles. The molecule has 2 aromatic rings. The summed E-state index contributed by atoms with van der Waals surface area (Å²) in [5.74, 6) is -0.364. The van der Waals surface area contributed by atoms with Crippen LogP contribution in [0.4, 0.5) is 5.69 Å². The second kappa shape index (κ2) is 7.64. The number of nitrogens with one attached hydrogen (secondary N) is 2. The van der Waals surface area contributed by atoms with Crippen molar-refractivity contribution in [1.82, 2.24) is 10.2 Å². The van der Waals surface area contributed by atoms with E-state index in [4.69, 9.17) is 11.6 Å². The lowest BCUT2D eigenvalue weighted by Crippen LogP contribution is -2.52. The fourth-order valence-electron chi connectivity index (χ4n) is 3.69. The fraction of sp³-hybridized carbons (Fsp3) is 0.286. The van der Waals surface area contributed by atoms with Crippen molar-refractivity contribution in [1.29, 1.82) is 0 Å². The monoisotopic (exact) mass is 397 g/mol. The number of fused-ring (bicyclic) bond motifs is 1. The number of anilines is 1. The van der Waals surface area contributed by atoms with Crippen LogP contribution in [-0.4, -0.2) is 28.7 Å². The van der Waals surface area contributed by atoms with Crippen LogP contribution in [0.2, 0.25) is 0 Å². The van der Waals surface area contributed by atoms with Gasteiger partial charge in [-0.15, -0.1) is 11.6 Å². The van der Waals surface area contributed by atoms with Crippen LogP contribution >= 0.6 is 11.6 Å². The third-order valence-electron chi connectivity index (χ3n) is 5.24. The smallest absolute Gasteiger partial charge is 0.255 e. The fourth-order valence-corrected chi connectivity index (χ4v) is 3.87. The molecular weight excluding hydrogens is 378 g/mol. The van der Waals surface area contributed by atoms with E-state index in [9.17, 15) is 14.4 Å². The van der Waals surface area contributed by atoms with E-state index in [0.717, 1.165) is 22.4 Å². The molecule has 3 amide bonds. The molecule has 0 spiro atoms. The third-order valence-corrected chi connectivity index (χ3v) is 5.55. The van der Waals surface area contributed by atoms with Crippen LogP contribution in [0.3, 0.4) is 0 Å². The van der Waals surface area contributed by atoms with Crippen molar-refractivity contribution >= 4 is 35.0 Å². The number of hydrogen-bond acceptors (Lipinski definition) is 4. The molecule has 2 aliphatic rings. The molecule has 6 nitrogen and oxygen atoms in total. The standard InChI is InChI=1S/C21H20ClN3O3/c22-10-13-4-6-14(7-5-13)11-23-17-3-1-2-15-16(17)12-25(21(15)28)18-8-9-19(26)24-20(18)27/h1-7,18,23H,8-12H2,(H,24,26,27). The van der Waals surface area contributed by atoms with Gasteiger partial charge in [0.1, 0.15) is 6.04 Å². The molecule has 7 heteroatoms. The van der Waals surface area contributed by atoms with Gasteiger partial charge in [0, 0.05) is 42.2 Å². The third kappa shape index (κ3) is 3.47. The Morgan fingerprint density at radius 3 is 2.54 bits per heavy atom. The van der Waals surface area contributed by atoms with Crippen LogP contribution < -0.4 is 10.6 Å². The van der Waals surface area contributed by atoms with Gasteiger partial charge in [0.15, 0.2) is 0 Å². The van der Waals surface area contributed by atoms with Crippen molar-refractivity contribution in [3.8, 4) is 0 Å². The highest BCUT2D eigenvalue weighted by atomic mass is 35.5. The summed E-state index contributed by atoms with van der Waals surface area (Å²) in [4.78, 5) is 38.0. The second-order valence-corrected chi connectivity index (χ2v) is 7.30. The van der Waals surface area contributed by atoms with Gasteiger partial charge in [-0.2, -0.15) is 0 Å². The van der Waals surface area contributed by atoms with Crippen LogP contribution in [0, 0.1) is 0 Å². The number of nitrogens with zero attached hydrogens (tertiary/aromatic N) is 1. The van der Waals surface area contributed by atoms with Crippen molar-refractivity contribution in [3.63, 3.8) is 0 Å². The summed E-state index contributed by atoms with van der Waals surface area (Å²) in [6, 6.07) is 13.0. The average Bonchev–Trinajstić information content (AvgIpc) is 3.04. The number of carbonyl (C=O) groups excluding carboxylic acids is 3. The number of imide groups is 1. The second-order valence-electron chi connectivity index (χ2n) is 7.04. The van der Waals surface area contributed by atoms with E-state index < -0.39 is 11.9 Å². The van der Waals surface area contributed by atoms with Crippen molar-refractivity contribution in [2.75, 3.05) is 5.32 Å². The first-order valence-corrected chi connectivity index (χ1v) is 9.74. The van der Waals surface area contributed by atoms with Crippen LogP contribution in [0.25, 0.3) is 0 Å². The summed E-state index contributed by atoms with van der Waals surface area (Å²) >= 11 is 5.83. The Bertz CT molecular complexity index is 942. The number of carbonyl (C=O) groups is 3. The zero-order chi connectivity index (χ0) is 19.7. The van der Waals surface area contributed by atoms with Crippen molar-refractivity contribution < 1.29 is 14.4 Å². The minimum atomic E-state index is -0.603. The highest BCUT2D eigenvalue weighted by molar-refractivity contribution is 6.17. The Labute approximate surface area is 167 Å². The van der Waals surface area contributed by atoms with Crippen molar-refractivity contribution in [2.45, 2.75) is 37.9 Å². The Hall–Kier alpha value is -2.86. The first-order chi connectivity index (χ1) is 13.6. The van der Waals surface area contributed by atoms with E-state index in [0.29, 0.717) is 31.0 Å². The quantitative estimate of drug-likeness (QED) is 0.600. The summed E-state index contributed by atoms with van der Waals surface area (Å²) < 4.78 is 0. The summed E-state index contributed by atoms with van der Waals surface area (Å²) in [7, 11) is 0. The molecule has 0 aromatic heterocycles. The molecule has 1 fully saturated rings. The topological polar surface area (TPSA) is 78.5 Å². The largest absolute Gasteiger partial charge is 0.381 e. The van der Waals surface area contributed by atoms with Gasteiger partial charge in [-0.25, -0.2) is 0 Å². The van der Waals surface area contributed by atoms with Crippen LogP contribution in [-0.2, 0) is 28.6 Å². The minimum absolute atomic E-state index is 0.167. The lowest BCUT2D eigenvalue weighted by Gasteiger charge is -2.29. The number of hydrogen-bond donors (Lipinski definition) is 2. The van der Waals surface area contributed by atoms with Crippen molar-refractivity contribution in [2.24, 2.45) is 0 Å². The summed E-state index contributed by atoms with van der Waals surface area (Å²) in [6.45, 7) is 0.973. The van der Waals surface area contributed by atoms with E-state index in [1.807, 2.05) is 36.4 Å². The van der Waals surface area contributed by atoms with Gasteiger partial charge in [0.25, 0.3) is 5.91 Å². The Balaban J connectivity index is 1.50. The Kier molecular flexibility index (Phi) is 5.05. The highest BCUT2D eigenvalue weighted by Crippen LogP contribution is 2.32. The predicted molar refractivity (Wildman–Crippen MR) is 106 cm³/mol. The average molecular weight is 398 g/mol. The number of piperidine rings is 1. The molecule has 0 saturated carbocycles. The van der Waals surface area contributed by atoms with Crippen LogP contribution in [0.15, 0.2) is 42.5 Å². The molecule has 0 aliphatic carbocycles. The van der Waals surface area contributed by atoms with Gasteiger partial charge in [0.2, 0.25) is 11.8 Å². The van der Waals surface area contributed by atoms with Crippen LogP contribution in [0.1, 0.15) is 39.9 Å². The Morgan fingerprint density at radius 1 is 1.07 bits per heavy atom. The maximum atomic E-state index is 12.8. The molecule has 1 atom stereocenters. The minimum Gasteiger partial charge on any atom is -0.381 e. The van der Waals surface area contributed by atoms with Gasteiger partial charge in [-0.3, -0.25) is 19.7 Å². The highest BCUT2D eigenvalue weighted by Gasteiger charge is 2.39. The summed E-state index contributed by atoms with van der Waals surface area (Å²) in [5.41, 5.74) is 4.54. The molecule has 1 saturated heterocycles. The van der Waals surface area contributed by atoms with Gasteiger partial charge in [-0.05, 0) is 29.7 Å². The molecule has 0 bridgehead atoms. The van der Waals surface area contributed by atoms with Gasteiger partial charge in [-0.1, -0.05) is 30.3 Å². The number of amides is 3. The van der Waals surface area contributed by atoms with E-state index in [-0.39, 0.29) is 18.2 Å². The SMILES string of the molecule is O=C1CCC(N2Cc3c(NCc4ccc(CCl)cc4)cccc3C2=O)C(=O)N1. The zero-order valence-electron chi connectivity index (χ0n) is 15.2. The maximum absolute atomic E-state index is 12.8. The molecule has 2 N–H and O–H groups in total. The van der Waals surface area contributed by atoms with E-state index in [1.54, 1.807) is 11.0 Å². The maximum Gasteiger partial charge on any atom is 0.255 e. The molecule has 1 unspecified atom stereocenters. The van der Waals surface area contributed by atoms with E-state index >= 15 is 0 Å². The molecule has 28 heavy (non-hydrogen) atoms. The summed E-state index contributed by atoms with van der Waals surface area (Å²) in [5, 5.41) is 5.72. The summed E-state index contributed by atoms with van der Waals surface area (Å²) in [6.07, 6.45) is 0.611. The zero-order valence-corrected chi connectivity index (χ0v) is 16.0. The first-order valence-electron chi connectivity index (χ1n) is 9.21. The molecular formula is C21H20ClN3O3. The van der Waals surface area contributed by atoms with Gasteiger partial charge >= 0.3 is 0 Å². The molecule has 2 aromatic carbocycles. The number of benzene rings is 2. The molecule has 0 radical (unpaired) electrons. The van der Waals surface area contributed by atoms with Gasteiger partial charge in [0.05, 0.1) is 0 Å². The van der Waals surface area contributed by atoms with Gasteiger partial charge < -0.3 is 10.2 Å². The van der Waals surface area contributed by atoms with E-state index in [1.165, 1.54) is 0 Å². The van der Waals surface area contributed by atoms with Crippen molar-refractivity contribution in [3.05, 3.63) is 64.7 Å². The lowest BCUT2D eigenvalue weighted by atomic mass is 10.0. The molecule has 144 valence electrons. The number of halogens is 1. The number of alkyl halides is 1. The molecule has 4 rings (SSSR count). The predicted octanol–water partition coefficient (Wildman–Crippen LogP) is 2.80. The first kappa shape index (κ1) is 18.5. The van der Waals surface area contributed by atoms with Crippen LogP contribution in [0.5, 0.6) is 0 Å². The normalized spacial score (nSPS) is 18.8. The Morgan fingerprint density at radius 2 is 1.82 bits per heavy atom. The lowest BCUT2D eigenvalue weighted by molar-refractivity contribution is -0.136. The van der Waals surface area contributed by atoms with E-state index in [2.05, 4.69) is 10.6 Å². The number of rotatable bonds is 5.